The van der Waals surface area contributed by atoms with Crippen LogP contribution in [0, 0.1) is 0 Å². The van der Waals surface area contributed by atoms with E-state index in [9.17, 15) is 4.79 Å². The van der Waals surface area contributed by atoms with Crippen molar-refractivity contribution in [1.82, 2.24) is 10.6 Å². The number of amides is 1. The largest absolute Gasteiger partial charge is 0.444 e. The number of nitrogens with one attached hydrogen (secondary N) is 2. The summed E-state index contributed by atoms with van der Waals surface area (Å²) < 4.78 is 6.41. The Bertz CT molecular complexity index is 526. The second-order valence-corrected chi connectivity index (χ2v) is 7.49. The first-order chi connectivity index (χ1) is 10.4. The van der Waals surface area contributed by atoms with Crippen LogP contribution >= 0.6 is 15.9 Å². The molecule has 0 saturated carbocycles. The monoisotopic (exact) mass is 368 g/mol. The van der Waals surface area contributed by atoms with Crippen molar-refractivity contribution in [1.29, 1.82) is 0 Å². The number of benzene rings is 1. The van der Waals surface area contributed by atoms with Crippen LogP contribution in [-0.2, 0) is 11.2 Å². The van der Waals surface area contributed by atoms with Gasteiger partial charge >= 0.3 is 6.09 Å². The number of alkyl carbamates (subject to hydrolysis) is 1. The Morgan fingerprint density at radius 1 is 1.36 bits per heavy atom. The van der Waals surface area contributed by atoms with Gasteiger partial charge in [-0.05, 0) is 63.8 Å². The molecule has 0 bridgehead atoms. The first-order valence-electron chi connectivity index (χ1n) is 7.84. The number of hydrogen-bond donors (Lipinski definition) is 2. The van der Waals surface area contributed by atoms with Crippen molar-refractivity contribution < 1.29 is 9.53 Å². The summed E-state index contributed by atoms with van der Waals surface area (Å²) in [6, 6.07) is 6.82. The number of ether oxygens (including phenoxy) is 1. The Morgan fingerprint density at radius 2 is 2.14 bits per heavy atom. The van der Waals surface area contributed by atoms with E-state index in [1.54, 1.807) is 0 Å². The van der Waals surface area contributed by atoms with E-state index < -0.39 is 5.60 Å². The standard InChI is InChI=1S/C17H25BrN2O2/c1-17(2,3)22-16(21)20-11-5-10-19-15-9-8-12-13(15)6-4-7-14(12)18/h4,6-7,15,19H,5,8-11H2,1-3H3,(H,20,21). The first-order valence-corrected chi connectivity index (χ1v) is 8.63. The molecule has 1 aromatic rings. The molecule has 1 aromatic carbocycles. The van der Waals surface area contributed by atoms with Crippen LogP contribution in [0.15, 0.2) is 22.7 Å². The molecule has 22 heavy (non-hydrogen) atoms. The van der Waals surface area contributed by atoms with Crippen molar-refractivity contribution in [2.45, 2.75) is 51.7 Å². The molecule has 1 unspecified atom stereocenters. The van der Waals surface area contributed by atoms with Crippen molar-refractivity contribution in [2.75, 3.05) is 13.1 Å². The number of hydrogen-bond acceptors (Lipinski definition) is 3. The van der Waals surface area contributed by atoms with E-state index >= 15 is 0 Å². The maximum absolute atomic E-state index is 11.5. The van der Waals surface area contributed by atoms with Crippen LogP contribution < -0.4 is 10.6 Å². The van der Waals surface area contributed by atoms with Crippen molar-refractivity contribution in [3.63, 3.8) is 0 Å². The number of fused-ring (bicyclic) bond motifs is 1. The quantitative estimate of drug-likeness (QED) is 0.773. The van der Waals surface area contributed by atoms with Gasteiger partial charge in [-0.3, -0.25) is 0 Å². The third-order valence-electron chi connectivity index (χ3n) is 3.63. The molecule has 0 aromatic heterocycles. The fourth-order valence-corrected chi connectivity index (χ4v) is 3.27. The van der Waals surface area contributed by atoms with Gasteiger partial charge in [0.2, 0.25) is 0 Å². The fourth-order valence-electron chi connectivity index (χ4n) is 2.69. The molecule has 1 aliphatic rings. The number of rotatable bonds is 5. The predicted molar refractivity (Wildman–Crippen MR) is 92.1 cm³/mol. The van der Waals surface area contributed by atoms with Crippen molar-refractivity contribution >= 4 is 22.0 Å². The Kier molecular flexibility index (Phi) is 5.87. The van der Waals surface area contributed by atoms with E-state index in [2.05, 4.69) is 44.8 Å². The van der Waals surface area contributed by atoms with E-state index in [0.29, 0.717) is 12.6 Å². The lowest BCUT2D eigenvalue weighted by Gasteiger charge is -2.20. The summed E-state index contributed by atoms with van der Waals surface area (Å²) in [6.45, 7) is 7.10. The molecular weight excluding hydrogens is 344 g/mol. The van der Waals surface area contributed by atoms with Gasteiger partial charge in [0, 0.05) is 17.1 Å². The molecular formula is C17H25BrN2O2. The summed E-state index contributed by atoms with van der Waals surface area (Å²) in [4.78, 5) is 11.5. The topological polar surface area (TPSA) is 50.4 Å². The van der Waals surface area contributed by atoms with E-state index in [-0.39, 0.29) is 6.09 Å². The van der Waals surface area contributed by atoms with Gasteiger partial charge in [-0.15, -0.1) is 0 Å². The highest BCUT2D eigenvalue weighted by Gasteiger charge is 2.23. The lowest BCUT2D eigenvalue weighted by molar-refractivity contribution is 0.0527. The molecule has 1 atom stereocenters. The Hall–Kier alpha value is -1.07. The zero-order chi connectivity index (χ0) is 16.2. The smallest absolute Gasteiger partial charge is 0.407 e. The van der Waals surface area contributed by atoms with E-state index in [4.69, 9.17) is 4.74 Å². The number of halogens is 1. The van der Waals surface area contributed by atoms with Crippen molar-refractivity contribution in [2.24, 2.45) is 0 Å². The van der Waals surface area contributed by atoms with Crippen LogP contribution in [0.3, 0.4) is 0 Å². The molecule has 4 nitrogen and oxygen atoms in total. The predicted octanol–water partition coefficient (Wildman–Crippen LogP) is 3.94. The average Bonchev–Trinajstić information content (AvgIpc) is 2.81. The van der Waals surface area contributed by atoms with Crippen molar-refractivity contribution in [3.05, 3.63) is 33.8 Å². The van der Waals surface area contributed by atoms with E-state index in [1.807, 2.05) is 20.8 Å². The van der Waals surface area contributed by atoms with Crippen molar-refractivity contribution in [3.8, 4) is 0 Å². The zero-order valence-corrected chi connectivity index (χ0v) is 15.1. The number of carbonyl (C=O) groups is 1. The minimum atomic E-state index is -0.441. The normalized spacial score (nSPS) is 17.2. The molecule has 0 fully saturated rings. The summed E-state index contributed by atoms with van der Waals surface area (Å²) in [7, 11) is 0. The van der Waals surface area contributed by atoms with Gasteiger partial charge in [-0.25, -0.2) is 4.79 Å². The van der Waals surface area contributed by atoms with Crippen LogP contribution in [0.2, 0.25) is 0 Å². The summed E-state index contributed by atoms with van der Waals surface area (Å²) in [6.07, 6.45) is 2.80. The van der Waals surface area contributed by atoms with Gasteiger partial charge in [-0.2, -0.15) is 0 Å². The lowest BCUT2D eigenvalue weighted by atomic mass is 10.1. The van der Waals surface area contributed by atoms with Crippen LogP contribution in [0.4, 0.5) is 4.79 Å². The van der Waals surface area contributed by atoms with Crippen LogP contribution in [0.5, 0.6) is 0 Å². The highest BCUT2D eigenvalue weighted by Crippen LogP contribution is 2.35. The van der Waals surface area contributed by atoms with Gasteiger partial charge in [0.25, 0.3) is 0 Å². The van der Waals surface area contributed by atoms with Crippen LogP contribution in [0.1, 0.15) is 50.8 Å². The van der Waals surface area contributed by atoms with E-state index in [0.717, 1.165) is 25.8 Å². The molecule has 0 spiro atoms. The molecule has 0 aliphatic heterocycles. The maximum atomic E-state index is 11.5. The highest BCUT2D eigenvalue weighted by molar-refractivity contribution is 9.10. The third-order valence-corrected chi connectivity index (χ3v) is 4.37. The second kappa shape index (κ2) is 7.47. The summed E-state index contributed by atoms with van der Waals surface area (Å²) in [5.41, 5.74) is 2.38. The molecule has 2 rings (SSSR count). The van der Waals surface area contributed by atoms with Gasteiger partial charge in [-0.1, -0.05) is 28.1 Å². The Balaban J connectivity index is 1.67. The first kappa shape index (κ1) is 17.3. The maximum Gasteiger partial charge on any atom is 0.407 e. The highest BCUT2D eigenvalue weighted by atomic mass is 79.9. The molecule has 5 heteroatoms. The summed E-state index contributed by atoms with van der Waals surface area (Å²) in [5, 5.41) is 6.36. The van der Waals surface area contributed by atoms with Gasteiger partial charge in [0.1, 0.15) is 5.60 Å². The summed E-state index contributed by atoms with van der Waals surface area (Å²) in [5.74, 6) is 0. The molecule has 122 valence electrons. The second-order valence-electron chi connectivity index (χ2n) is 6.64. The number of carbonyl (C=O) groups excluding carboxylic acids is 1. The van der Waals surface area contributed by atoms with Crippen LogP contribution in [0.25, 0.3) is 0 Å². The molecule has 0 radical (unpaired) electrons. The Labute approximate surface area is 141 Å². The van der Waals surface area contributed by atoms with Gasteiger partial charge in [0.05, 0.1) is 0 Å². The molecule has 2 N–H and O–H groups in total. The SMILES string of the molecule is CC(C)(C)OC(=O)NCCCNC1CCc2c(Br)cccc21. The third kappa shape index (κ3) is 4.99. The minimum absolute atomic E-state index is 0.345. The average molecular weight is 369 g/mol. The summed E-state index contributed by atoms with van der Waals surface area (Å²) >= 11 is 3.62. The fraction of sp³-hybridized carbons (Fsp3) is 0.588. The molecule has 0 saturated heterocycles. The van der Waals surface area contributed by atoms with E-state index in [1.165, 1.54) is 15.6 Å². The molecule has 1 amide bonds. The zero-order valence-electron chi connectivity index (χ0n) is 13.5. The lowest BCUT2D eigenvalue weighted by Crippen LogP contribution is -2.34. The van der Waals surface area contributed by atoms with Crippen LogP contribution in [-0.4, -0.2) is 24.8 Å². The Morgan fingerprint density at radius 3 is 2.86 bits per heavy atom. The minimum Gasteiger partial charge on any atom is -0.444 e. The van der Waals surface area contributed by atoms with Gasteiger partial charge in [0.15, 0.2) is 0 Å². The molecule has 1 aliphatic carbocycles. The molecule has 0 heterocycles. The van der Waals surface area contributed by atoms with Gasteiger partial charge < -0.3 is 15.4 Å².